The Labute approximate surface area is 200 Å². The van der Waals surface area contributed by atoms with Gasteiger partial charge in [0.2, 0.25) is 0 Å². The number of hydrogen-bond donors (Lipinski definition) is 1. The molecule has 33 heavy (non-hydrogen) atoms. The highest BCUT2D eigenvalue weighted by molar-refractivity contribution is 7.86. The molecule has 0 spiro atoms. The third kappa shape index (κ3) is 5.30. The Hall–Kier alpha value is -2.66. The van der Waals surface area contributed by atoms with Gasteiger partial charge < -0.3 is 9.47 Å². The van der Waals surface area contributed by atoms with Crippen molar-refractivity contribution in [3.05, 3.63) is 70.1 Å². The normalized spacial score (nSPS) is 18.2. The zero-order valence-electron chi connectivity index (χ0n) is 17.6. The number of carbonyl (C=O) groups excluding carboxylic acids is 1. The number of dihydropyridines is 1. The molecule has 0 fully saturated rings. The van der Waals surface area contributed by atoms with Gasteiger partial charge in [0.25, 0.3) is 0 Å². The van der Waals surface area contributed by atoms with E-state index in [1.54, 1.807) is 19.1 Å². The van der Waals surface area contributed by atoms with E-state index in [0.717, 1.165) is 12.7 Å². The van der Waals surface area contributed by atoms with Crippen LogP contribution in [0.1, 0.15) is 17.2 Å². The number of halogens is 3. The zero-order chi connectivity index (χ0) is 24.3. The van der Waals surface area contributed by atoms with Crippen LogP contribution in [0.25, 0.3) is 0 Å². The fourth-order valence-electron chi connectivity index (χ4n) is 2.98. The summed E-state index contributed by atoms with van der Waals surface area (Å²) in [6, 6.07) is 7.63. The Balaban J connectivity index is 1.97. The molecule has 3 rings (SSSR count). The Bertz CT molecular complexity index is 1230. The highest BCUT2D eigenvalue weighted by atomic mass is 35.5. The number of hydroxylamine groups is 1. The van der Waals surface area contributed by atoms with Crippen LogP contribution in [0.3, 0.4) is 0 Å². The van der Waals surface area contributed by atoms with Crippen LogP contribution in [0.5, 0.6) is 5.75 Å². The van der Waals surface area contributed by atoms with Gasteiger partial charge in [-0.2, -0.15) is 8.42 Å². The first-order valence-electron chi connectivity index (χ1n) is 9.39. The predicted octanol–water partition coefficient (Wildman–Crippen LogP) is 3.87. The molecule has 0 bridgehead atoms. The van der Waals surface area contributed by atoms with Crippen LogP contribution in [0.4, 0.5) is 4.39 Å². The fourth-order valence-corrected chi connectivity index (χ4v) is 4.24. The van der Waals surface area contributed by atoms with Gasteiger partial charge in [-0.3, -0.25) is 10.5 Å². The van der Waals surface area contributed by atoms with Crippen LogP contribution in [-0.2, 0) is 23.9 Å². The fraction of sp³-hybridized carbons (Fsp3) is 0.238. The number of rotatable bonds is 7. The molecule has 1 aliphatic rings. The van der Waals surface area contributed by atoms with Crippen LogP contribution >= 0.6 is 23.2 Å². The number of methoxy groups -OCH3 is 2. The summed E-state index contributed by atoms with van der Waals surface area (Å²) in [4.78, 5) is 16.3. The number of aryl methyl sites for hydroxylation is 1. The van der Waals surface area contributed by atoms with Gasteiger partial charge in [-0.15, -0.1) is 15.9 Å². The molecule has 0 aromatic heterocycles. The third-order valence-corrected chi connectivity index (χ3v) is 6.60. The van der Waals surface area contributed by atoms with Crippen molar-refractivity contribution in [2.75, 3.05) is 14.2 Å². The molecule has 0 amide bonds. The molecule has 8 nitrogen and oxygen atoms in total. The number of ether oxygens (including phenoxy) is 2. The molecule has 176 valence electrons. The summed E-state index contributed by atoms with van der Waals surface area (Å²) in [7, 11) is -1.85. The summed E-state index contributed by atoms with van der Waals surface area (Å²) in [5.74, 6) is -1.90. The molecule has 12 heteroatoms. The lowest BCUT2D eigenvalue weighted by molar-refractivity contribution is -0.132. The van der Waals surface area contributed by atoms with Gasteiger partial charge in [0.1, 0.15) is 11.1 Å². The SMILES string of the molecule is COC(=O)C1=NC(c2ccc(Cl)c(OC)c2F)C=C(NOS(=O)(=O)c2ccc(C)cc2)C1Cl. The average molecular weight is 517 g/mol. The van der Waals surface area contributed by atoms with E-state index in [1.807, 2.05) is 0 Å². The molecule has 2 unspecified atom stereocenters. The van der Waals surface area contributed by atoms with Gasteiger partial charge in [0.05, 0.1) is 35.9 Å². The Morgan fingerprint density at radius 2 is 1.82 bits per heavy atom. The van der Waals surface area contributed by atoms with E-state index in [2.05, 4.69) is 10.5 Å². The van der Waals surface area contributed by atoms with Gasteiger partial charge >= 0.3 is 16.1 Å². The van der Waals surface area contributed by atoms with Crippen molar-refractivity contribution in [2.24, 2.45) is 4.99 Å². The number of alkyl halides is 1. The van der Waals surface area contributed by atoms with Crippen molar-refractivity contribution in [2.45, 2.75) is 23.2 Å². The molecular formula is C21H19Cl2FN2O6S. The minimum atomic E-state index is -4.23. The second-order valence-corrected chi connectivity index (χ2v) is 9.26. The van der Waals surface area contributed by atoms with Crippen molar-refractivity contribution in [3.63, 3.8) is 0 Å². The summed E-state index contributed by atoms with van der Waals surface area (Å²) in [5.41, 5.74) is 2.80. The average Bonchev–Trinajstić information content (AvgIpc) is 2.79. The number of benzene rings is 2. The van der Waals surface area contributed by atoms with E-state index in [-0.39, 0.29) is 32.6 Å². The Morgan fingerprint density at radius 3 is 2.42 bits per heavy atom. The number of allylic oxidation sites excluding steroid dienone is 1. The molecule has 0 saturated carbocycles. The van der Waals surface area contributed by atoms with Gasteiger partial charge in [-0.1, -0.05) is 35.4 Å². The largest absolute Gasteiger partial charge is 0.492 e. The Morgan fingerprint density at radius 1 is 1.15 bits per heavy atom. The highest BCUT2D eigenvalue weighted by Crippen LogP contribution is 2.36. The van der Waals surface area contributed by atoms with Gasteiger partial charge in [0, 0.05) is 5.56 Å². The lowest BCUT2D eigenvalue weighted by Gasteiger charge is -2.24. The molecule has 0 saturated heterocycles. The maximum atomic E-state index is 15.0. The predicted molar refractivity (Wildman–Crippen MR) is 120 cm³/mol. The van der Waals surface area contributed by atoms with E-state index in [1.165, 1.54) is 37.5 Å². The quantitative estimate of drug-likeness (QED) is 0.338. The lowest BCUT2D eigenvalue weighted by Crippen LogP contribution is -2.37. The van der Waals surface area contributed by atoms with Gasteiger partial charge in [-0.25, -0.2) is 9.18 Å². The third-order valence-electron chi connectivity index (χ3n) is 4.70. The maximum Gasteiger partial charge on any atom is 0.353 e. The standard InChI is InChI=1S/C21H19Cl2FN2O6S/c1-11-4-6-12(7-5-11)33(28,29)32-26-16-10-15(25-19(17(16)23)21(27)31-3)13-8-9-14(22)20(30-2)18(13)24/h4-10,15,17,26H,1-3H3. The van der Waals surface area contributed by atoms with E-state index in [0.29, 0.717) is 0 Å². The van der Waals surface area contributed by atoms with Crippen LogP contribution in [-0.4, -0.2) is 39.7 Å². The van der Waals surface area contributed by atoms with E-state index in [9.17, 15) is 17.6 Å². The van der Waals surface area contributed by atoms with E-state index in [4.69, 9.17) is 37.0 Å². The summed E-state index contributed by atoms with van der Waals surface area (Å²) < 4.78 is 54.6. The molecule has 0 aliphatic carbocycles. The monoisotopic (exact) mass is 516 g/mol. The van der Waals surface area contributed by atoms with Crippen LogP contribution < -0.4 is 10.2 Å². The first kappa shape index (κ1) is 25.0. The molecule has 1 heterocycles. The van der Waals surface area contributed by atoms with E-state index >= 15 is 0 Å². The molecule has 1 N–H and O–H groups in total. The topological polar surface area (TPSA) is 103 Å². The first-order chi connectivity index (χ1) is 15.6. The number of nitrogens with zero attached hydrogens (tertiary/aromatic N) is 1. The number of hydrogen-bond acceptors (Lipinski definition) is 8. The highest BCUT2D eigenvalue weighted by Gasteiger charge is 2.34. The molecule has 2 atom stereocenters. The lowest BCUT2D eigenvalue weighted by atomic mass is 10.00. The summed E-state index contributed by atoms with van der Waals surface area (Å²) in [6.07, 6.45) is 1.32. The maximum absolute atomic E-state index is 15.0. The number of aliphatic imine (C=N–C) groups is 1. The van der Waals surface area contributed by atoms with Gasteiger partial charge in [-0.05, 0) is 31.2 Å². The summed E-state index contributed by atoms with van der Waals surface area (Å²) in [6.45, 7) is 1.80. The Kier molecular flexibility index (Phi) is 7.63. The molecule has 0 radical (unpaired) electrons. The van der Waals surface area contributed by atoms with E-state index < -0.39 is 33.3 Å². The van der Waals surface area contributed by atoms with Crippen LogP contribution in [0.2, 0.25) is 5.02 Å². The summed E-state index contributed by atoms with van der Waals surface area (Å²) in [5, 5.41) is -1.21. The number of carbonyl (C=O) groups is 1. The summed E-state index contributed by atoms with van der Waals surface area (Å²) >= 11 is 12.3. The molecule has 2 aromatic carbocycles. The van der Waals surface area contributed by atoms with Gasteiger partial charge in [0.15, 0.2) is 11.6 Å². The molecule has 1 aliphatic heterocycles. The number of esters is 1. The zero-order valence-corrected chi connectivity index (χ0v) is 20.0. The smallest absolute Gasteiger partial charge is 0.353 e. The van der Waals surface area contributed by atoms with Crippen molar-refractivity contribution >= 4 is 45.0 Å². The second-order valence-electron chi connectivity index (χ2n) is 6.87. The van der Waals surface area contributed by atoms with Crippen LogP contribution in [0.15, 0.2) is 58.1 Å². The number of nitrogens with one attached hydrogen (secondary N) is 1. The minimum Gasteiger partial charge on any atom is -0.492 e. The van der Waals surface area contributed by atoms with Crippen molar-refractivity contribution in [1.29, 1.82) is 0 Å². The van der Waals surface area contributed by atoms with Crippen molar-refractivity contribution in [3.8, 4) is 5.75 Å². The molecular weight excluding hydrogens is 498 g/mol. The minimum absolute atomic E-state index is 0.00177. The molecule has 2 aromatic rings. The first-order valence-corrected chi connectivity index (χ1v) is 11.6. The van der Waals surface area contributed by atoms with Crippen LogP contribution in [0, 0.1) is 12.7 Å². The van der Waals surface area contributed by atoms with Crippen molar-refractivity contribution < 1.29 is 31.4 Å². The van der Waals surface area contributed by atoms with Crippen molar-refractivity contribution in [1.82, 2.24) is 5.48 Å². The second kappa shape index (κ2) is 10.1.